The van der Waals surface area contributed by atoms with Crippen molar-refractivity contribution in [2.24, 2.45) is 5.11 Å². The molecular formula is C10H8ClN7O2. The highest BCUT2D eigenvalue weighted by Gasteiger charge is 2.15. The number of pyridine rings is 1. The number of nitrogens with zero attached hydrogens (tertiary/aromatic N) is 6. The molecule has 1 aliphatic heterocycles. The molecule has 0 radical (unpaired) electrons. The normalized spacial score (nSPS) is 15.1. The van der Waals surface area contributed by atoms with Gasteiger partial charge in [0.15, 0.2) is 5.82 Å². The first-order valence-corrected chi connectivity index (χ1v) is 5.72. The number of hydrogen-bond acceptors (Lipinski definition) is 6. The fourth-order valence-corrected chi connectivity index (χ4v) is 1.75. The monoisotopic (exact) mass is 293 g/mol. The Morgan fingerprint density at radius 2 is 2.50 bits per heavy atom. The maximum atomic E-state index is 10.5. The molecule has 1 N–H and O–H groups in total. The van der Waals surface area contributed by atoms with Crippen LogP contribution in [0.3, 0.4) is 0 Å². The first-order valence-electron chi connectivity index (χ1n) is 5.35. The maximum absolute atomic E-state index is 10.5. The van der Waals surface area contributed by atoms with E-state index in [-0.39, 0.29) is 10.8 Å². The molecule has 1 aromatic heterocycles. The van der Waals surface area contributed by atoms with Gasteiger partial charge in [-0.2, -0.15) is 0 Å². The lowest BCUT2D eigenvalue weighted by Gasteiger charge is -2.16. The number of nitro groups is 1. The van der Waals surface area contributed by atoms with E-state index in [1.165, 1.54) is 6.20 Å². The van der Waals surface area contributed by atoms with Crippen molar-refractivity contribution in [1.82, 2.24) is 15.2 Å². The van der Waals surface area contributed by atoms with Gasteiger partial charge in [0.1, 0.15) is 5.15 Å². The van der Waals surface area contributed by atoms with Crippen LogP contribution in [0.25, 0.3) is 10.4 Å². The summed E-state index contributed by atoms with van der Waals surface area (Å²) in [6, 6.07) is 1.57. The van der Waals surface area contributed by atoms with E-state index in [1.54, 1.807) is 23.4 Å². The summed E-state index contributed by atoms with van der Waals surface area (Å²) in [6.07, 6.45) is 5.59. The highest BCUT2D eigenvalue weighted by atomic mass is 35.5. The highest BCUT2D eigenvalue weighted by Crippen LogP contribution is 2.25. The molecule has 102 valence electrons. The molecule has 0 saturated carbocycles. The van der Waals surface area contributed by atoms with Crippen molar-refractivity contribution in [2.75, 3.05) is 0 Å². The van der Waals surface area contributed by atoms with Crippen LogP contribution in [-0.4, -0.2) is 14.8 Å². The SMILES string of the molecule is [N-]=[N+]=Nc1cc(CN2C=CN/C2=C\[N+](=O)[O-])cnc1Cl. The Labute approximate surface area is 117 Å². The van der Waals surface area contributed by atoms with Gasteiger partial charge in [0.25, 0.3) is 6.20 Å². The van der Waals surface area contributed by atoms with Gasteiger partial charge >= 0.3 is 0 Å². The number of aromatic nitrogens is 1. The Morgan fingerprint density at radius 3 is 3.20 bits per heavy atom. The summed E-state index contributed by atoms with van der Waals surface area (Å²) in [5, 5.41) is 16.8. The predicted molar refractivity (Wildman–Crippen MR) is 70.9 cm³/mol. The number of nitrogens with one attached hydrogen (secondary N) is 1. The van der Waals surface area contributed by atoms with E-state index >= 15 is 0 Å². The number of azide groups is 1. The number of rotatable bonds is 4. The summed E-state index contributed by atoms with van der Waals surface area (Å²) in [4.78, 5) is 18.1. The zero-order valence-corrected chi connectivity index (χ0v) is 10.7. The van der Waals surface area contributed by atoms with Crippen molar-refractivity contribution in [3.05, 3.63) is 68.0 Å². The minimum Gasteiger partial charge on any atom is -0.341 e. The molecule has 9 nitrogen and oxygen atoms in total. The first-order chi connectivity index (χ1) is 9.60. The van der Waals surface area contributed by atoms with E-state index in [9.17, 15) is 10.1 Å². The van der Waals surface area contributed by atoms with Crippen molar-refractivity contribution < 1.29 is 4.92 Å². The predicted octanol–water partition coefficient (Wildman–Crippen LogP) is 2.63. The molecular weight excluding hydrogens is 286 g/mol. The Kier molecular flexibility index (Phi) is 4.04. The summed E-state index contributed by atoms with van der Waals surface area (Å²) < 4.78 is 0. The second-order valence-corrected chi connectivity index (χ2v) is 4.09. The van der Waals surface area contributed by atoms with Gasteiger partial charge in [0.05, 0.1) is 17.2 Å². The van der Waals surface area contributed by atoms with E-state index in [0.717, 1.165) is 6.20 Å². The molecule has 20 heavy (non-hydrogen) atoms. The van der Waals surface area contributed by atoms with Crippen molar-refractivity contribution in [1.29, 1.82) is 0 Å². The summed E-state index contributed by atoms with van der Waals surface area (Å²) in [6.45, 7) is 0.321. The fourth-order valence-electron chi connectivity index (χ4n) is 1.60. The van der Waals surface area contributed by atoms with E-state index in [0.29, 0.717) is 17.9 Å². The lowest BCUT2D eigenvalue weighted by atomic mass is 10.2. The van der Waals surface area contributed by atoms with Crippen LogP contribution in [0, 0.1) is 10.1 Å². The summed E-state index contributed by atoms with van der Waals surface area (Å²) >= 11 is 5.77. The third kappa shape index (κ3) is 3.16. The fraction of sp³-hybridized carbons (Fsp3) is 0.100. The molecule has 2 heterocycles. The van der Waals surface area contributed by atoms with Crippen molar-refractivity contribution in [3.8, 4) is 0 Å². The third-order valence-corrected chi connectivity index (χ3v) is 2.70. The molecule has 0 bridgehead atoms. The molecule has 1 aromatic rings. The smallest absolute Gasteiger partial charge is 0.274 e. The van der Waals surface area contributed by atoms with Crippen molar-refractivity contribution in [2.45, 2.75) is 6.54 Å². The second-order valence-electron chi connectivity index (χ2n) is 3.73. The summed E-state index contributed by atoms with van der Waals surface area (Å²) in [5.41, 5.74) is 9.32. The quantitative estimate of drug-likeness (QED) is 0.228. The Bertz CT molecular complexity index is 651. The highest BCUT2D eigenvalue weighted by molar-refractivity contribution is 6.31. The molecule has 2 rings (SSSR count). The van der Waals surface area contributed by atoms with Gasteiger partial charge in [-0.25, -0.2) is 4.98 Å². The molecule has 0 aromatic carbocycles. The summed E-state index contributed by atoms with van der Waals surface area (Å²) in [5.74, 6) is 0.329. The lowest BCUT2D eigenvalue weighted by molar-refractivity contribution is -0.404. The van der Waals surface area contributed by atoms with Gasteiger partial charge in [0, 0.05) is 23.5 Å². The average Bonchev–Trinajstić information content (AvgIpc) is 2.80. The van der Waals surface area contributed by atoms with E-state index in [2.05, 4.69) is 20.3 Å². The molecule has 0 atom stereocenters. The average molecular weight is 294 g/mol. The first kappa shape index (κ1) is 13.7. The molecule has 1 aliphatic rings. The van der Waals surface area contributed by atoms with Gasteiger partial charge in [-0.1, -0.05) is 16.7 Å². The van der Waals surface area contributed by atoms with Crippen molar-refractivity contribution >= 4 is 17.3 Å². The van der Waals surface area contributed by atoms with Crippen LogP contribution in [0.4, 0.5) is 5.69 Å². The Balaban J connectivity index is 2.21. The van der Waals surface area contributed by atoms with Crippen LogP contribution < -0.4 is 5.32 Å². The van der Waals surface area contributed by atoms with Crippen LogP contribution in [0.2, 0.25) is 5.15 Å². The molecule has 10 heteroatoms. The van der Waals surface area contributed by atoms with E-state index < -0.39 is 4.92 Å². The minimum atomic E-state index is -0.548. The summed E-state index contributed by atoms with van der Waals surface area (Å²) in [7, 11) is 0. The largest absolute Gasteiger partial charge is 0.341 e. The lowest BCUT2D eigenvalue weighted by Crippen LogP contribution is -2.19. The molecule has 0 aliphatic carbocycles. The Hall–Kier alpha value is -2.77. The minimum absolute atomic E-state index is 0.0997. The van der Waals surface area contributed by atoms with E-state index in [4.69, 9.17) is 17.1 Å². The van der Waals surface area contributed by atoms with Crippen LogP contribution in [-0.2, 0) is 6.54 Å². The zero-order chi connectivity index (χ0) is 14.5. The number of halogens is 1. The molecule has 0 fully saturated rings. The van der Waals surface area contributed by atoms with Crippen LogP contribution in [0.5, 0.6) is 0 Å². The molecule has 0 saturated heterocycles. The van der Waals surface area contributed by atoms with Gasteiger partial charge < -0.3 is 10.2 Å². The maximum Gasteiger partial charge on any atom is 0.274 e. The van der Waals surface area contributed by atoms with Gasteiger partial charge in [0.2, 0.25) is 0 Å². The third-order valence-electron chi connectivity index (χ3n) is 2.41. The van der Waals surface area contributed by atoms with Crippen molar-refractivity contribution in [3.63, 3.8) is 0 Å². The number of hydrogen-bond donors (Lipinski definition) is 1. The van der Waals surface area contributed by atoms with Crippen LogP contribution >= 0.6 is 11.6 Å². The molecule has 0 spiro atoms. The molecule has 0 unspecified atom stereocenters. The van der Waals surface area contributed by atoms with E-state index in [1.807, 2.05) is 0 Å². The van der Waals surface area contributed by atoms with Crippen LogP contribution in [0.15, 0.2) is 41.8 Å². The molecule has 0 amide bonds. The van der Waals surface area contributed by atoms with Crippen LogP contribution in [0.1, 0.15) is 5.56 Å². The van der Waals surface area contributed by atoms with Gasteiger partial charge in [-0.15, -0.1) is 0 Å². The zero-order valence-electron chi connectivity index (χ0n) is 9.97. The van der Waals surface area contributed by atoms with Gasteiger partial charge in [-0.3, -0.25) is 10.1 Å². The Morgan fingerprint density at radius 1 is 1.70 bits per heavy atom. The standard InChI is InChI=1S/C10H8ClN7O2/c11-10-8(15-16-12)3-7(4-14-10)5-17-2-1-13-9(17)6-18(19)20/h1-4,6,13H,5H2/b9-6+. The topological polar surface area (TPSA) is 120 Å². The second kappa shape index (κ2) is 5.91. The van der Waals surface area contributed by atoms with Gasteiger partial charge in [-0.05, 0) is 17.2 Å².